The number of nitrogens with one attached hydrogen (secondary N) is 1. The topological polar surface area (TPSA) is 62.9 Å². The van der Waals surface area contributed by atoms with Gasteiger partial charge >= 0.3 is 0 Å². The predicted molar refractivity (Wildman–Crippen MR) is 59.0 cm³/mol. The normalized spacial score (nSPS) is 12.0. The van der Waals surface area contributed by atoms with Crippen molar-refractivity contribution in [2.75, 3.05) is 33.9 Å². The Kier molecular flexibility index (Phi) is 7.14. The Morgan fingerprint density at radius 2 is 2.21 bits per heavy atom. The maximum atomic E-state index is 5.37. The van der Waals surface area contributed by atoms with Crippen molar-refractivity contribution >= 4 is 5.96 Å². The molecule has 0 aliphatic carbocycles. The van der Waals surface area contributed by atoms with Crippen molar-refractivity contribution in [3.05, 3.63) is 0 Å². The second-order valence-electron chi connectivity index (χ2n) is 3.62. The van der Waals surface area contributed by atoms with Crippen LogP contribution in [0.3, 0.4) is 0 Å². The fourth-order valence-corrected chi connectivity index (χ4v) is 0.880. The summed E-state index contributed by atoms with van der Waals surface area (Å²) in [5, 5.41) is 0. The van der Waals surface area contributed by atoms with Crippen molar-refractivity contribution in [2.24, 2.45) is 16.8 Å². The summed E-state index contributed by atoms with van der Waals surface area (Å²) in [7, 11) is 3.60. The molecule has 0 saturated heterocycles. The van der Waals surface area contributed by atoms with E-state index in [1.54, 1.807) is 7.11 Å². The number of ether oxygens (including phenoxy) is 1. The van der Waals surface area contributed by atoms with E-state index in [-0.39, 0.29) is 0 Å². The number of rotatable bonds is 5. The molecule has 5 nitrogen and oxygen atoms in total. The first-order valence-electron chi connectivity index (χ1n) is 4.83. The number of nitrogens with zero attached hydrogens (tertiary/aromatic N) is 2. The van der Waals surface area contributed by atoms with Crippen molar-refractivity contribution in [3.63, 3.8) is 0 Å². The zero-order valence-corrected chi connectivity index (χ0v) is 9.58. The molecule has 5 heteroatoms. The number of likely N-dealkylation sites (N-methyl/N-ethyl adjacent to an activating group) is 1. The van der Waals surface area contributed by atoms with E-state index in [0.29, 0.717) is 18.5 Å². The molecule has 0 fully saturated rings. The smallest absolute Gasteiger partial charge is 0.208 e. The second kappa shape index (κ2) is 7.58. The zero-order chi connectivity index (χ0) is 11.0. The van der Waals surface area contributed by atoms with Gasteiger partial charge in [-0.3, -0.25) is 10.4 Å². The van der Waals surface area contributed by atoms with E-state index in [2.05, 4.69) is 24.3 Å². The van der Waals surface area contributed by atoms with Crippen molar-refractivity contribution < 1.29 is 4.74 Å². The molecule has 0 spiro atoms. The van der Waals surface area contributed by atoms with Gasteiger partial charge in [0, 0.05) is 27.2 Å². The van der Waals surface area contributed by atoms with Crippen LogP contribution in [0.15, 0.2) is 4.99 Å². The van der Waals surface area contributed by atoms with E-state index >= 15 is 0 Å². The van der Waals surface area contributed by atoms with Crippen LogP contribution in [0.4, 0.5) is 0 Å². The summed E-state index contributed by atoms with van der Waals surface area (Å²) in [4.78, 5) is 6.28. The summed E-state index contributed by atoms with van der Waals surface area (Å²) < 4.78 is 4.97. The summed E-state index contributed by atoms with van der Waals surface area (Å²) in [6.07, 6.45) is 0. The van der Waals surface area contributed by atoms with Crippen molar-refractivity contribution in [2.45, 2.75) is 13.8 Å². The summed E-state index contributed by atoms with van der Waals surface area (Å²) in [6.45, 7) is 6.45. The number of guanidine groups is 1. The fraction of sp³-hybridized carbons (Fsp3) is 0.889. The van der Waals surface area contributed by atoms with Crippen LogP contribution in [0.2, 0.25) is 0 Å². The van der Waals surface area contributed by atoms with Gasteiger partial charge in [0.1, 0.15) is 0 Å². The summed E-state index contributed by atoms with van der Waals surface area (Å²) >= 11 is 0. The highest BCUT2D eigenvalue weighted by Gasteiger charge is 2.03. The van der Waals surface area contributed by atoms with Crippen LogP contribution in [0.25, 0.3) is 0 Å². The van der Waals surface area contributed by atoms with Gasteiger partial charge in [0.15, 0.2) is 0 Å². The number of hydrogen-bond donors (Lipinski definition) is 2. The Labute approximate surface area is 86.3 Å². The molecule has 0 bridgehead atoms. The van der Waals surface area contributed by atoms with Crippen LogP contribution in [0, 0.1) is 5.92 Å². The minimum Gasteiger partial charge on any atom is -0.383 e. The zero-order valence-electron chi connectivity index (χ0n) is 9.58. The molecule has 0 aliphatic heterocycles. The van der Waals surface area contributed by atoms with Gasteiger partial charge in [-0.2, -0.15) is 0 Å². The lowest BCUT2D eigenvalue weighted by atomic mass is 10.2. The Morgan fingerprint density at radius 1 is 1.57 bits per heavy atom. The molecule has 0 radical (unpaired) electrons. The van der Waals surface area contributed by atoms with Gasteiger partial charge in [0.25, 0.3) is 0 Å². The Balaban J connectivity index is 4.03. The molecule has 0 rings (SSSR count). The molecule has 0 aromatic rings. The predicted octanol–water partition coefficient (Wildman–Crippen LogP) is 0.0399. The SMILES string of the molecule is COCCN(C)C(=NCC(C)C)NN. The molecule has 0 amide bonds. The van der Waals surface area contributed by atoms with Gasteiger partial charge in [-0.15, -0.1) is 0 Å². The van der Waals surface area contributed by atoms with E-state index in [4.69, 9.17) is 10.6 Å². The number of hydrazine groups is 1. The number of aliphatic imine (C=N–C) groups is 1. The van der Waals surface area contributed by atoms with Crippen molar-refractivity contribution in [3.8, 4) is 0 Å². The third-order valence-corrected chi connectivity index (χ3v) is 1.73. The molecule has 84 valence electrons. The molecule has 0 aromatic carbocycles. The molecular weight excluding hydrogens is 180 g/mol. The third-order valence-electron chi connectivity index (χ3n) is 1.73. The minimum absolute atomic E-state index is 0.536. The van der Waals surface area contributed by atoms with Gasteiger partial charge in [-0.1, -0.05) is 13.8 Å². The van der Waals surface area contributed by atoms with Crippen molar-refractivity contribution in [1.29, 1.82) is 0 Å². The highest BCUT2D eigenvalue weighted by Crippen LogP contribution is 1.93. The summed E-state index contributed by atoms with van der Waals surface area (Å²) in [6, 6.07) is 0. The number of methoxy groups -OCH3 is 1. The van der Waals surface area contributed by atoms with Crippen LogP contribution in [0.5, 0.6) is 0 Å². The molecule has 0 unspecified atom stereocenters. The monoisotopic (exact) mass is 202 g/mol. The van der Waals surface area contributed by atoms with E-state index in [0.717, 1.165) is 13.1 Å². The molecule has 0 aromatic heterocycles. The first kappa shape index (κ1) is 13.2. The first-order chi connectivity index (χ1) is 6.61. The fourth-order valence-electron chi connectivity index (χ4n) is 0.880. The van der Waals surface area contributed by atoms with E-state index in [1.807, 2.05) is 11.9 Å². The molecular formula is C9H22N4O. The average Bonchev–Trinajstić information content (AvgIpc) is 2.15. The second-order valence-corrected chi connectivity index (χ2v) is 3.62. The molecule has 3 N–H and O–H groups in total. The highest BCUT2D eigenvalue weighted by molar-refractivity contribution is 5.79. The van der Waals surface area contributed by atoms with Gasteiger partial charge < -0.3 is 9.64 Å². The largest absolute Gasteiger partial charge is 0.383 e. The van der Waals surface area contributed by atoms with Crippen LogP contribution < -0.4 is 11.3 Å². The molecule has 0 atom stereocenters. The van der Waals surface area contributed by atoms with Crippen molar-refractivity contribution in [1.82, 2.24) is 10.3 Å². The van der Waals surface area contributed by atoms with Crippen LogP contribution in [0.1, 0.15) is 13.8 Å². The standard InChI is InChI=1S/C9H22N4O/c1-8(2)7-11-9(12-10)13(3)5-6-14-4/h8H,5-7,10H2,1-4H3,(H,11,12). The van der Waals surface area contributed by atoms with Gasteiger partial charge in [0.05, 0.1) is 6.61 Å². The first-order valence-corrected chi connectivity index (χ1v) is 4.83. The quantitative estimate of drug-likeness (QED) is 0.286. The Hall–Kier alpha value is -0.810. The lowest BCUT2D eigenvalue weighted by molar-refractivity contribution is 0.181. The Morgan fingerprint density at radius 3 is 2.64 bits per heavy atom. The van der Waals surface area contributed by atoms with Crippen LogP contribution in [-0.4, -0.2) is 44.7 Å². The van der Waals surface area contributed by atoms with Gasteiger partial charge in [0.2, 0.25) is 5.96 Å². The summed E-state index contributed by atoms with van der Waals surface area (Å²) in [5.74, 6) is 6.61. The molecule has 0 saturated carbocycles. The summed E-state index contributed by atoms with van der Waals surface area (Å²) in [5.41, 5.74) is 2.59. The molecule has 14 heavy (non-hydrogen) atoms. The minimum atomic E-state index is 0.536. The van der Waals surface area contributed by atoms with Crippen LogP contribution >= 0.6 is 0 Å². The highest BCUT2D eigenvalue weighted by atomic mass is 16.5. The van der Waals surface area contributed by atoms with E-state index in [9.17, 15) is 0 Å². The Bertz CT molecular complexity index is 170. The number of nitrogens with two attached hydrogens (primary N) is 1. The molecule has 0 aliphatic rings. The maximum Gasteiger partial charge on any atom is 0.208 e. The van der Waals surface area contributed by atoms with Crippen LogP contribution in [-0.2, 0) is 4.74 Å². The average molecular weight is 202 g/mol. The van der Waals surface area contributed by atoms with Gasteiger partial charge in [-0.05, 0) is 5.92 Å². The third kappa shape index (κ3) is 5.77. The number of hydrogen-bond acceptors (Lipinski definition) is 3. The van der Waals surface area contributed by atoms with E-state index in [1.165, 1.54) is 0 Å². The lowest BCUT2D eigenvalue weighted by Crippen LogP contribution is -2.44. The van der Waals surface area contributed by atoms with E-state index < -0.39 is 0 Å². The molecule has 0 heterocycles. The maximum absolute atomic E-state index is 5.37. The van der Waals surface area contributed by atoms with Gasteiger partial charge in [-0.25, -0.2) is 5.84 Å². The lowest BCUT2D eigenvalue weighted by Gasteiger charge is -2.20.